The highest BCUT2D eigenvalue weighted by molar-refractivity contribution is 7.93. The molecular formula is C17H17N7O4S2. The van der Waals surface area contributed by atoms with Crippen molar-refractivity contribution in [2.24, 2.45) is 10.9 Å². The van der Waals surface area contributed by atoms with Gasteiger partial charge in [-0.1, -0.05) is 18.2 Å². The van der Waals surface area contributed by atoms with Crippen LogP contribution in [0.5, 0.6) is 0 Å². The molecule has 0 saturated heterocycles. The van der Waals surface area contributed by atoms with Gasteiger partial charge in [-0.3, -0.25) is 4.98 Å². The molecule has 0 aliphatic heterocycles. The predicted molar refractivity (Wildman–Crippen MR) is 108 cm³/mol. The van der Waals surface area contributed by atoms with Gasteiger partial charge in [-0.15, -0.1) is 10.2 Å². The van der Waals surface area contributed by atoms with Gasteiger partial charge in [-0.2, -0.15) is 5.21 Å². The molecule has 0 unspecified atom stereocenters. The number of nitrogens with one attached hydrogen (secondary N) is 1. The molecule has 11 nitrogen and oxygen atoms in total. The molecule has 4 rings (SSSR count). The van der Waals surface area contributed by atoms with Gasteiger partial charge in [0.05, 0.1) is 21.9 Å². The summed E-state index contributed by atoms with van der Waals surface area (Å²) in [5.41, 5.74) is 7.99. The Balaban J connectivity index is 2.09. The molecule has 0 atom stereocenters. The number of sulfonamides is 1. The molecule has 2 heterocycles. The Hall–Kier alpha value is -3.00. The first-order valence-electron chi connectivity index (χ1n) is 8.74. The molecule has 13 heteroatoms. The van der Waals surface area contributed by atoms with Crippen molar-refractivity contribution < 1.29 is 16.8 Å². The van der Waals surface area contributed by atoms with E-state index in [1.54, 1.807) is 6.20 Å². The molecule has 0 radical (unpaired) electrons. The predicted octanol–water partition coefficient (Wildman–Crippen LogP) is -0.122. The molecule has 1 aliphatic carbocycles. The first kappa shape index (κ1) is 20.3. The normalized spacial score (nSPS) is 13.5. The summed E-state index contributed by atoms with van der Waals surface area (Å²) in [6.45, 7) is -0.188. The summed E-state index contributed by atoms with van der Waals surface area (Å²) in [6, 6.07) is 4.50. The second-order valence-electron chi connectivity index (χ2n) is 6.57. The fourth-order valence-electron chi connectivity index (χ4n) is 3.36. The number of tetrazole rings is 1. The van der Waals surface area contributed by atoms with Crippen molar-refractivity contribution in [3.8, 4) is 22.5 Å². The highest BCUT2D eigenvalue weighted by Crippen LogP contribution is 2.39. The van der Waals surface area contributed by atoms with Crippen LogP contribution in [0.4, 0.5) is 0 Å². The van der Waals surface area contributed by atoms with Crippen LogP contribution in [0, 0.1) is 0 Å². The van der Waals surface area contributed by atoms with Crippen molar-refractivity contribution in [2.75, 3.05) is 12.3 Å². The van der Waals surface area contributed by atoms with E-state index in [9.17, 15) is 16.8 Å². The van der Waals surface area contributed by atoms with Crippen molar-refractivity contribution in [1.29, 1.82) is 0 Å². The van der Waals surface area contributed by atoms with Gasteiger partial charge in [0.2, 0.25) is 15.8 Å². The van der Waals surface area contributed by atoms with Crippen molar-refractivity contribution >= 4 is 25.9 Å². The number of sulfone groups is 1. The van der Waals surface area contributed by atoms with Gasteiger partial charge >= 0.3 is 0 Å². The Kier molecular flexibility index (Phi) is 4.97. The molecule has 1 aliphatic rings. The van der Waals surface area contributed by atoms with Crippen LogP contribution in [-0.4, -0.2) is 54.7 Å². The second-order valence-corrected chi connectivity index (χ2v) is 10.1. The number of aromatic amines is 1. The molecule has 3 aromatic rings. The van der Waals surface area contributed by atoms with Crippen LogP contribution in [0.25, 0.3) is 28.6 Å². The lowest BCUT2D eigenvalue weighted by molar-refractivity contribution is 0.583. The number of hydrogen-bond acceptors (Lipinski definition) is 9. The van der Waals surface area contributed by atoms with Crippen molar-refractivity contribution in [3.63, 3.8) is 0 Å². The van der Waals surface area contributed by atoms with E-state index < -0.39 is 35.4 Å². The van der Waals surface area contributed by atoms with E-state index in [1.165, 1.54) is 12.1 Å². The van der Waals surface area contributed by atoms with E-state index >= 15 is 0 Å². The first-order valence-corrected chi connectivity index (χ1v) is 11.9. The van der Waals surface area contributed by atoms with Gasteiger partial charge in [-0.05, 0) is 28.5 Å². The molecule has 2 aromatic heterocycles. The maximum Gasteiger partial charge on any atom is 0.240 e. The molecule has 0 amide bonds. The highest BCUT2D eigenvalue weighted by atomic mass is 32.2. The summed E-state index contributed by atoms with van der Waals surface area (Å²) in [4.78, 5) is 3.34. The number of pyridine rings is 1. The highest BCUT2D eigenvalue weighted by Gasteiger charge is 2.31. The average molecular weight is 448 g/mol. The van der Waals surface area contributed by atoms with Gasteiger partial charge in [0, 0.05) is 24.7 Å². The second kappa shape index (κ2) is 7.36. The molecule has 0 fully saturated rings. The maximum absolute atomic E-state index is 12.7. The lowest BCUT2D eigenvalue weighted by atomic mass is 9.99. The van der Waals surface area contributed by atoms with E-state index in [0.29, 0.717) is 17.5 Å². The van der Waals surface area contributed by atoms with Crippen LogP contribution >= 0.6 is 0 Å². The van der Waals surface area contributed by atoms with E-state index in [4.69, 9.17) is 10.9 Å². The van der Waals surface area contributed by atoms with Crippen LogP contribution in [0.2, 0.25) is 0 Å². The maximum atomic E-state index is 12.7. The summed E-state index contributed by atoms with van der Waals surface area (Å²) in [6.07, 6.45) is 6.14. The average Bonchev–Trinajstić information content (AvgIpc) is 3.37. The summed E-state index contributed by atoms with van der Waals surface area (Å²) in [5, 5.41) is 18.9. The Morgan fingerprint density at radius 2 is 1.97 bits per heavy atom. The lowest BCUT2D eigenvalue weighted by Crippen LogP contribution is -2.22. The van der Waals surface area contributed by atoms with Gasteiger partial charge < -0.3 is 5.73 Å². The molecule has 1 aromatic carbocycles. The minimum atomic E-state index is -4.51. The Labute approximate surface area is 172 Å². The van der Waals surface area contributed by atoms with Crippen LogP contribution in [-0.2, 0) is 26.3 Å². The van der Waals surface area contributed by atoms with Crippen molar-refractivity contribution in [2.45, 2.75) is 16.2 Å². The monoisotopic (exact) mass is 447 g/mol. The summed E-state index contributed by atoms with van der Waals surface area (Å²) >= 11 is 0. The van der Waals surface area contributed by atoms with E-state index in [1.807, 2.05) is 18.2 Å². The zero-order chi connectivity index (χ0) is 21.5. The number of rotatable bonds is 6. The van der Waals surface area contributed by atoms with E-state index in [0.717, 1.165) is 11.3 Å². The van der Waals surface area contributed by atoms with Gasteiger partial charge in [0.1, 0.15) is 4.90 Å². The molecule has 30 heavy (non-hydrogen) atoms. The number of hydrogen-bond donors (Lipinski definition) is 3. The van der Waals surface area contributed by atoms with Crippen molar-refractivity contribution in [3.05, 3.63) is 41.7 Å². The SMILES string of the molecule is NCCS(=O)(=O)c1ccc(-c2cnc3c(c2)C=CC3)c(-c2nn[nH]n2)c1S(N)(=O)=O. The largest absolute Gasteiger partial charge is 0.329 e. The molecule has 0 saturated carbocycles. The van der Waals surface area contributed by atoms with Crippen LogP contribution in [0.15, 0.2) is 40.3 Å². The quantitative estimate of drug-likeness (QED) is 0.462. The fourth-order valence-corrected chi connectivity index (χ4v) is 6.11. The number of benzene rings is 1. The first-order chi connectivity index (χ1) is 14.2. The standard InChI is InChI=1S/C17H17N7O4S2/c18-6-7-29(25,26)14-5-4-12(11-8-10-2-1-3-13(10)20-9-11)15(16(14)30(19,27)28)17-21-23-24-22-17/h1-2,4-5,8-9H,3,6-7,18H2,(H2,19,27,28)(H,21,22,23,24). The number of nitrogens with zero attached hydrogens (tertiary/aromatic N) is 4. The third-order valence-corrected chi connectivity index (χ3v) is 7.53. The summed E-state index contributed by atoms with van der Waals surface area (Å²) in [5.74, 6) is -0.568. The Morgan fingerprint density at radius 3 is 2.63 bits per heavy atom. The van der Waals surface area contributed by atoms with Gasteiger partial charge in [0.25, 0.3) is 0 Å². The third-order valence-electron chi connectivity index (χ3n) is 4.62. The number of primary sulfonamides is 1. The number of allylic oxidation sites excluding steroid dienone is 1. The molecule has 0 spiro atoms. The van der Waals surface area contributed by atoms with Crippen LogP contribution < -0.4 is 10.9 Å². The van der Waals surface area contributed by atoms with E-state index in [-0.39, 0.29) is 17.9 Å². The molecule has 0 bridgehead atoms. The van der Waals surface area contributed by atoms with Crippen LogP contribution in [0.3, 0.4) is 0 Å². The minimum Gasteiger partial charge on any atom is -0.329 e. The smallest absolute Gasteiger partial charge is 0.240 e. The number of fused-ring (bicyclic) bond motifs is 1. The van der Waals surface area contributed by atoms with Crippen molar-refractivity contribution in [1.82, 2.24) is 25.6 Å². The van der Waals surface area contributed by atoms with Gasteiger partial charge in [-0.25, -0.2) is 22.0 Å². The molecule has 156 valence electrons. The number of nitrogens with two attached hydrogens (primary N) is 2. The summed E-state index contributed by atoms with van der Waals surface area (Å²) in [7, 11) is -8.55. The fraction of sp³-hybridized carbons (Fsp3) is 0.176. The molecule has 5 N–H and O–H groups in total. The Morgan fingerprint density at radius 1 is 1.17 bits per heavy atom. The minimum absolute atomic E-state index is 0.0759. The van der Waals surface area contributed by atoms with E-state index in [2.05, 4.69) is 25.6 Å². The lowest BCUT2D eigenvalue weighted by Gasteiger charge is -2.16. The van der Waals surface area contributed by atoms with Crippen LogP contribution in [0.1, 0.15) is 11.3 Å². The third kappa shape index (κ3) is 3.52. The number of H-pyrrole nitrogens is 1. The zero-order valence-electron chi connectivity index (χ0n) is 15.5. The number of aromatic nitrogens is 5. The zero-order valence-corrected chi connectivity index (χ0v) is 17.1. The van der Waals surface area contributed by atoms with Gasteiger partial charge in [0.15, 0.2) is 9.84 Å². The Bertz CT molecular complexity index is 1370. The summed E-state index contributed by atoms with van der Waals surface area (Å²) < 4.78 is 50.6. The molecular weight excluding hydrogens is 430 g/mol. The topological polar surface area (TPSA) is 188 Å².